The van der Waals surface area contributed by atoms with E-state index in [1.54, 1.807) is 6.20 Å². The van der Waals surface area contributed by atoms with E-state index >= 15 is 0 Å². The molecule has 0 atom stereocenters. The number of aliphatic hydroxyl groups excluding tert-OH is 1. The van der Waals surface area contributed by atoms with Gasteiger partial charge in [0.25, 0.3) is 5.56 Å². The van der Waals surface area contributed by atoms with Crippen molar-refractivity contribution in [1.29, 1.82) is 0 Å². The number of anilines is 1. The Kier molecular flexibility index (Phi) is 6.51. The van der Waals surface area contributed by atoms with Crippen LogP contribution >= 0.6 is 11.6 Å². The SMILES string of the molecule is O=c1c(NCCCCCCO)c(Cl)cnn1CC1CCC1. The van der Waals surface area contributed by atoms with Crippen LogP contribution in [0, 0.1) is 5.92 Å². The summed E-state index contributed by atoms with van der Waals surface area (Å²) in [4.78, 5) is 12.4. The summed E-state index contributed by atoms with van der Waals surface area (Å²) in [5, 5.41) is 16.4. The van der Waals surface area contributed by atoms with Gasteiger partial charge < -0.3 is 10.4 Å². The molecule has 118 valence electrons. The molecular weight excluding hydrogens is 290 g/mol. The van der Waals surface area contributed by atoms with E-state index in [0.29, 0.717) is 29.7 Å². The summed E-state index contributed by atoms with van der Waals surface area (Å²) in [5.74, 6) is 0.586. The first-order valence-electron chi connectivity index (χ1n) is 7.82. The Morgan fingerprint density at radius 1 is 1.33 bits per heavy atom. The molecule has 0 aliphatic heterocycles. The summed E-state index contributed by atoms with van der Waals surface area (Å²) in [6.45, 7) is 1.66. The Morgan fingerprint density at radius 3 is 2.76 bits per heavy atom. The third kappa shape index (κ3) is 4.71. The van der Waals surface area contributed by atoms with E-state index in [-0.39, 0.29) is 12.2 Å². The van der Waals surface area contributed by atoms with Gasteiger partial charge in [0.2, 0.25) is 0 Å². The molecule has 0 amide bonds. The van der Waals surface area contributed by atoms with Gasteiger partial charge in [-0.1, -0.05) is 30.9 Å². The first-order chi connectivity index (χ1) is 10.2. The molecule has 21 heavy (non-hydrogen) atoms. The highest BCUT2D eigenvalue weighted by atomic mass is 35.5. The van der Waals surface area contributed by atoms with Crippen molar-refractivity contribution in [3.8, 4) is 0 Å². The molecule has 1 fully saturated rings. The summed E-state index contributed by atoms with van der Waals surface area (Å²) in [7, 11) is 0. The topological polar surface area (TPSA) is 67.2 Å². The minimum Gasteiger partial charge on any atom is -0.396 e. The first-order valence-corrected chi connectivity index (χ1v) is 8.20. The van der Waals surface area contributed by atoms with Crippen molar-refractivity contribution < 1.29 is 5.11 Å². The van der Waals surface area contributed by atoms with Crippen LogP contribution in [0.3, 0.4) is 0 Å². The third-order valence-electron chi connectivity index (χ3n) is 4.04. The zero-order chi connectivity index (χ0) is 15.1. The molecule has 1 heterocycles. The maximum absolute atomic E-state index is 12.4. The number of hydrogen-bond acceptors (Lipinski definition) is 4. The largest absolute Gasteiger partial charge is 0.396 e. The fraction of sp³-hybridized carbons (Fsp3) is 0.733. The van der Waals surface area contributed by atoms with Crippen molar-refractivity contribution in [3.05, 3.63) is 21.6 Å². The minimum absolute atomic E-state index is 0.121. The second kappa shape index (κ2) is 8.39. The predicted molar refractivity (Wildman–Crippen MR) is 84.9 cm³/mol. The lowest BCUT2D eigenvalue weighted by Crippen LogP contribution is -2.31. The Morgan fingerprint density at radius 2 is 2.10 bits per heavy atom. The van der Waals surface area contributed by atoms with Crippen LogP contribution in [0.1, 0.15) is 44.9 Å². The molecule has 0 bridgehead atoms. The van der Waals surface area contributed by atoms with Crippen molar-refractivity contribution in [1.82, 2.24) is 9.78 Å². The zero-order valence-electron chi connectivity index (χ0n) is 12.4. The fourth-order valence-electron chi connectivity index (χ4n) is 2.48. The third-order valence-corrected chi connectivity index (χ3v) is 4.33. The van der Waals surface area contributed by atoms with Crippen molar-refractivity contribution >= 4 is 17.3 Å². The van der Waals surface area contributed by atoms with Gasteiger partial charge in [-0.15, -0.1) is 0 Å². The number of unbranched alkanes of at least 4 members (excludes halogenated alkanes) is 3. The molecule has 1 saturated carbocycles. The van der Waals surface area contributed by atoms with Gasteiger partial charge >= 0.3 is 0 Å². The van der Waals surface area contributed by atoms with Gasteiger partial charge in [0, 0.05) is 19.7 Å². The minimum atomic E-state index is -0.121. The van der Waals surface area contributed by atoms with Crippen LogP contribution in [0.15, 0.2) is 11.0 Å². The van der Waals surface area contributed by atoms with E-state index in [0.717, 1.165) is 25.7 Å². The normalized spacial score (nSPS) is 15.0. The van der Waals surface area contributed by atoms with E-state index in [1.807, 2.05) is 0 Å². The van der Waals surface area contributed by atoms with Gasteiger partial charge in [0.1, 0.15) is 5.69 Å². The molecule has 2 rings (SSSR count). The molecule has 0 unspecified atom stereocenters. The van der Waals surface area contributed by atoms with Gasteiger partial charge in [-0.2, -0.15) is 5.10 Å². The standard InChI is InChI=1S/C15H24ClN3O2/c16-13-10-18-19(11-12-6-5-7-12)15(21)14(13)17-8-3-1-2-4-9-20/h10,12,17,20H,1-9,11H2. The number of halogens is 1. The Balaban J connectivity index is 1.88. The van der Waals surface area contributed by atoms with Crippen LogP contribution in [0.4, 0.5) is 5.69 Å². The Labute approximate surface area is 130 Å². The second-order valence-corrected chi connectivity index (χ2v) is 6.12. The molecule has 1 aliphatic carbocycles. The lowest BCUT2D eigenvalue weighted by Gasteiger charge is -2.25. The molecular formula is C15H24ClN3O2. The van der Waals surface area contributed by atoms with Crippen molar-refractivity contribution in [3.63, 3.8) is 0 Å². The number of rotatable bonds is 9. The molecule has 0 saturated heterocycles. The smallest absolute Gasteiger partial charge is 0.291 e. The quantitative estimate of drug-likeness (QED) is 0.688. The molecule has 0 radical (unpaired) electrons. The Bertz CT molecular complexity index is 500. The van der Waals surface area contributed by atoms with Crippen LogP contribution in [0.2, 0.25) is 5.02 Å². The van der Waals surface area contributed by atoms with E-state index < -0.39 is 0 Å². The molecule has 0 spiro atoms. The summed E-state index contributed by atoms with van der Waals surface area (Å²) in [6.07, 6.45) is 9.02. The highest BCUT2D eigenvalue weighted by Gasteiger charge is 2.20. The van der Waals surface area contributed by atoms with Crippen LogP contribution in [0.25, 0.3) is 0 Å². The predicted octanol–water partition coefficient (Wildman–Crippen LogP) is 2.66. The number of nitrogens with zero attached hydrogens (tertiary/aromatic N) is 2. The molecule has 1 aromatic heterocycles. The van der Waals surface area contributed by atoms with Crippen LogP contribution < -0.4 is 10.9 Å². The van der Waals surface area contributed by atoms with Crippen LogP contribution in [-0.4, -0.2) is 28.0 Å². The van der Waals surface area contributed by atoms with Crippen molar-refractivity contribution in [2.45, 2.75) is 51.5 Å². The van der Waals surface area contributed by atoms with Gasteiger partial charge in [0.15, 0.2) is 0 Å². The van der Waals surface area contributed by atoms with Gasteiger partial charge in [-0.25, -0.2) is 4.68 Å². The zero-order valence-corrected chi connectivity index (χ0v) is 13.1. The van der Waals surface area contributed by atoms with Crippen LogP contribution in [0.5, 0.6) is 0 Å². The summed E-state index contributed by atoms with van der Waals surface area (Å²) in [5.41, 5.74) is 0.345. The molecule has 5 nitrogen and oxygen atoms in total. The summed E-state index contributed by atoms with van der Waals surface area (Å²) >= 11 is 6.08. The lowest BCUT2D eigenvalue weighted by atomic mass is 9.85. The highest BCUT2D eigenvalue weighted by Crippen LogP contribution is 2.27. The highest BCUT2D eigenvalue weighted by molar-refractivity contribution is 6.32. The maximum Gasteiger partial charge on any atom is 0.291 e. The van der Waals surface area contributed by atoms with Gasteiger partial charge in [-0.05, 0) is 31.6 Å². The molecule has 0 aromatic carbocycles. The summed E-state index contributed by atoms with van der Waals surface area (Å²) in [6, 6.07) is 0. The van der Waals surface area contributed by atoms with Crippen LogP contribution in [-0.2, 0) is 6.54 Å². The molecule has 6 heteroatoms. The lowest BCUT2D eigenvalue weighted by molar-refractivity contribution is 0.262. The van der Waals surface area contributed by atoms with E-state index in [4.69, 9.17) is 16.7 Å². The number of nitrogens with one attached hydrogen (secondary N) is 1. The van der Waals surface area contributed by atoms with Gasteiger partial charge in [0.05, 0.1) is 11.2 Å². The fourth-order valence-corrected chi connectivity index (χ4v) is 2.67. The first kappa shape index (κ1) is 16.3. The molecule has 1 aromatic rings. The van der Waals surface area contributed by atoms with Crippen molar-refractivity contribution in [2.75, 3.05) is 18.5 Å². The number of aliphatic hydroxyl groups is 1. The van der Waals surface area contributed by atoms with Gasteiger partial charge in [-0.3, -0.25) is 4.79 Å². The van der Waals surface area contributed by atoms with E-state index in [2.05, 4.69) is 10.4 Å². The van der Waals surface area contributed by atoms with Crippen molar-refractivity contribution in [2.24, 2.45) is 5.92 Å². The second-order valence-electron chi connectivity index (χ2n) is 5.72. The van der Waals surface area contributed by atoms with E-state index in [9.17, 15) is 4.79 Å². The monoisotopic (exact) mass is 313 g/mol. The van der Waals surface area contributed by atoms with E-state index in [1.165, 1.54) is 23.9 Å². The molecule has 2 N–H and O–H groups in total. The summed E-state index contributed by atoms with van der Waals surface area (Å²) < 4.78 is 1.53. The maximum atomic E-state index is 12.4. The number of hydrogen-bond donors (Lipinski definition) is 2. The average molecular weight is 314 g/mol. The molecule has 1 aliphatic rings. The Hall–Kier alpha value is -1.07. The average Bonchev–Trinajstić information content (AvgIpc) is 2.43. The number of aromatic nitrogens is 2.